The van der Waals surface area contributed by atoms with Crippen molar-refractivity contribution in [3.8, 4) is 17.1 Å². The molecule has 1 saturated heterocycles. The molecule has 9 heteroatoms. The van der Waals surface area contributed by atoms with E-state index in [9.17, 15) is 14.0 Å². The number of nitrogens with zero attached hydrogens (tertiary/aromatic N) is 5. The average Bonchev–Trinajstić information content (AvgIpc) is 3.10. The van der Waals surface area contributed by atoms with Crippen LogP contribution in [0.15, 0.2) is 47.5 Å². The summed E-state index contributed by atoms with van der Waals surface area (Å²) in [7, 11) is 0. The van der Waals surface area contributed by atoms with Crippen molar-refractivity contribution in [1.82, 2.24) is 24.2 Å². The first kappa shape index (κ1) is 22.2. The molecule has 7 nitrogen and oxygen atoms in total. The SMILES string of the molecule is CC(C)(C)C(=O)N1CCC(n2nc(-c3ccncc3Cl)n(-c3ccc(F)cc3)c2=O)CC1. The van der Waals surface area contributed by atoms with Crippen molar-refractivity contribution in [2.45, 2.75) is 39.7 Å². The van der Waals surface area contributed by atoms with E-state index in [0.717, 1.165) is 0 Å². The van der Waals surface area contributed by atoms with Crippen LogP contribution in [-0.4, -0.2) is 43.2 Å². The van der Waals surface area contributed by atoms with Gasteiger partial charge in [-0.3, -0.25) is 9.78 Å². The first-order chi connectivity index (χ1) is 15.2. The molecular formula is C23H25ClFN5O2. The van der Waals surface area contributed by atoms with Gasteiger partial charge in [-0.15, -0.1) is 5.10 Å². The Balaban J connectivity index is 1.73. The second kappa shape index (κ2) is 8.50. The van der Waals surface area contributed by atoms with Gasteiger partial charge in [0.1, 0.15) is 5.82 Å². The number of likely N-dealkylation sites (tertiary alicyclic amines) is 1. The normalized spacial score (nSPS) is 15.2. The van der Waals surface area contributed by atoms with E-state index >= 15 is 0 Å². The third-order valence-corrected chi connectivity index (χ3v) is 5.94. The summed E-state index contributed by atoms with van der Waals surface area (Å²) in [6.45, 7) is 6.83. The fraction of sp³-hybridized carbons (Fsp3) is 0.391. The van der Waals surface area contributed by atoms with Gasteiger partial charge < -0.3 is 4.90 Å². The molecule has 0 bridgehead atoms. The Morgan fingerprint density at radius 3 is 2.38 bits per heavy atom. The van der Waals surface area contributed by atoms with Crippen LogP contribution in [0.2, 0.25) is 5.02 Å². The van der Waals surface area contributed by atoms with Crippen LogP contribution in [0.4, 0.5) is 4.39 Å². The quantitative estimate of drug-likeness (QED) is 0.593. The molecule has 1 amide bonds. The van der Waals surface area contributed by atoms with Gasteiger partial charge in [-0.25, -0.2) is 18.4 Å². The van der Waals surface area contributed by atoms with Crippen molar-refractivity contribution in [3.05, 3.63) is 64.0 Å². The number of amides is 1. The maximum atomic E-state index is 13.5. The fourth-order valence-electron chi connectivity index (χ4n) is 3.96. The van der Waals surface area contributed by atoms with E-state index in [-0.39, 0.29) is 17.6 Å². The topological polar surface area (TPSA) is 73.0 Å². The zero-order chi connectivity index (χ0) is 23.0. The van der Waals surface area contributed by atoms with Crippen molar-refractivity contribution < 1.29 is 9.18 Å². The zero-order valence-corrected chi connectivity index (χ0v) is 19.0. The van der Waals surface area contributed by atoms with Crippen molar-refractivity contribution in [3.63, 3.8) is 0 Å². The number of carbonyl (C=O) groups is 1. The summed E-state index contributed by atoms with van der Waals surface area (Å²) >= 11 is 6.36. The van der Waals surface area contributed by atoms with Crippen LogP contribution >= 0.6 is 11.6 Å². The third-order valence-electron chi connectivity index (χ3n) is 5.64. The second-order valence-electron chi connectivity index (χ2n) is 8.99. The van der Waals surface area contributed by atoms with Crippen LogP contribution in [0.1, 0.15) is 39.7 Å². The maximum Gasteiger partial charge on any atom is 0.351 e. The van der Waals surface area contributed by atoms with Gasteiger partial charge in [0.2, 0.25) is 5.91 Å². The molecule has 1 fully saturated rings. The van der Waals surface area contributed by atoms with Gasteiger partial charge in [-0.05, 0) is 43.2 Å². The monoisotopic (exact) mass is 457 g/mol. The molecule has 3 aromatic rings. The van der Waals surface area contributed by atoms with Crippen LogP contribution in [-0.2, 0) is 4.79 Å². The minimum atomic E-state index is -0.445. The molecule has 0 radical (unpaired) electrons. The smallest absolute Gasteiger partial charge is 0.342 e. The molecule has 0 saturated carbocycles. The predicted octanol–water partition coefficient (Wildman–Crippen LogP) is 4.10. The molecule has 1 aromatic carbocycles. The van der Waals surface area contributed by atoms with Crippen LogP contribution in [0.25, 0.3) is 17.1 Å². The fourth-order valence-corrected chi connectivity index (χ4v) is 4.17. The molecule has 1 aliphatic heterocycles. The summed E-state index contributed by atoms with van der Waals surface area (Å²) < 4.78 is 16.4. The van der Waals surface area contributed by atoms with E-state index in [0.29, 0.717) is 48.0 Å². The Labute approximate surface area is 190 Å². The largest absolute Gasteiger partial charge is 0.351 e. The third kappa shape index (κ3) is 4.19. The Morgan fingerprint density at radius 2 is 1.78 bits per heavy atom. The molecule has 0 N–H and O–H groups in total. The first-order valence-electron chi connectivity index (χ1n) is 10.5. The Bertz CT molecular complexity index is 1190. The highest BCUT2D eigenvalue weighted by molar-refractivity contribution is 6.33. The van der Waals surface area contributed by atoms with Gasteiger partial charge in [-0.1, -0.05) is 32.4 Å². The van der Waals surface area contributed by atoms with Crippen LogP contribution in [0.3, 0.4) is 0 Å². The Kier molecular flexibility index (Phi) is 5.90. The Morgan fingerprint density at radius 1 is 1.12 bits per heavy atom. The molecule has 4 rings (SSSR count). The van der Waals surface area contributed by atoms with Gasteiger partial charge in [0.15, 0.2) is 5.82 Å². The number of aromatic nitrogens is 4. The summed E-state index contributed by atoms with van der Waals surface area (Å²) in [6, 6.07) is 7.20. The first-order valence-corrected chi connectivity index (χ1v) is 10.9. The van der Waals surface area contributed by atoms with Gasteiger partial charge in [-0.2, -0.15) is 0 Å². The minimum Gasteiger partial charge on any atom is -0.342 e. The molecule has 0 spiro atoms. The highest BCUT2D eigenvalue weighted by Gasteiger charge is 2.32. The van der Waals surface area contributed by atoms with Crippen LogP contribution in [0.5, 0.6) is 0 Å². The molecule has 2 aromatic heterocycles. The van der Waals surface area contributed by atoms with Crippen molar-refractivity contribution in [2.75, 3.05) is 13.1 Å². The van der Waals surface area contributed by atoms with Crippen molar-refractivity contribution in [2.24, 2.45) is 5.41 Å². The molecule has 0 atom stereocenters. The summed E-state index contributed by atoms with van der Waals surface area (Å²) in [4.78, 5) is 31.9. The van der Waals surface area contributed by atoms with Gasteiger partial charge in [0, 0.05) is 36.5 Å². The van der Waals surface area contributed by atoms with E-state index in [1.54, 1.807) is 12.3 Å². The number of hydrogen-bond donors (Lipinski definition) is 0. The lowest BCUT2D eigenvalue weighted by Gasteiger charge is -2.35. The summed E-state index contributed by atoms with van der Waals surface area (Å²) in [5.74, 6) is 0.0696. The van der Waals surface area contributed by atoms with Crippen molar-refractivity contribution in [1.29, 1.82) is 0 Å². The molecule has 32 heavy (non-hydrogen) atoms. The molecular weight excluding hydrogens is 433 g/mol. The second-order valence-corrected chi connectivity index (χ2v) is 9.40. The lowest BCUT2D eigenvalue weighted by molar-refractivity contribution is -0.140. The number of pyridine rings is 1. The van der Waals surface area contributed by atoms with Gasteiger partial charge >= 0.3 is 5.69 Å². The lowest BCUT2D eigenvalue weighted by Crippen LogP contribution is -2.45. The predicted molar refractivity (Wildman–Crippen MR) is 120 cm³/mol. The number of carbonyl (C=O) groups excluding carboxylic acids is 1. The standard InChI is InChI=1S/C23H25ClFN5O2/c1-23(2,3)21(31)28-12-9-17(10-13-28)30-22(32)29(16-6-4-15(25)5-7-16)20(27-30)18-8-11-26-14-19(18)24/h4-8,11,14,17H,9-10,12-13H2,1-3H3. The number of halogens is 2. The Hall–Kier alpha value is -3.00. The minimum absolute atomic E-state index is 0.101. The van der Waals surface area contributed by atoms with Gasteiger partial charge in [0.05, 0.1) is 16.8 Å². The number of hydrogen-bond acceptors (Lipinski definition) is 4. The molecule has 168 valence electrons. The number of rotatable bonds is 3. The van der Waals surface area contributed by atoms with Crippen molar-refractivity contribution >= 4 is 17.5 Å². The summed E-state index contributed by atoms with van der Waals surface area (Å²) in [5, 5.41) is 5.00. The number of piperidine rings is 1. The van der Waals surface area contributed by atoms with E-state index in [1.807, 2.05) is 25.7 Å². The van der Waals surface area contributed by atoms with Crippen LogP contribution < -0.4 is 5.69 Å². The molecule has 0 unspecified atom stereocenters. The summed E-state index contributed by atoms with van der Waals surface area (Å²) in [5.41, 5.74) is 0.271. The van der Waals surface area contributed by atoms with E-state index in [2.05, 4.69) is 10.1 Å². The molecule has 0 aliphatic carbocycles. The average molecular weight is 458 g/mol. The molecule has 1 aliphatic rings. The van der Waals surface area contributed by atoms with E-state index < -0.39 is 11.2 Å². The zero-order valence-electron chi connectivity index (χ0n) is 18.3. The van der Waals surface area contributed by atoms with E-state index in [1.165, 1.54) is 39.7 Å². The number of benzene rings is 1. The highest BCUT2D eigenvalue weighted by Crippen LogP contribution is 2.29. The maximum absolute atomic E-state index is 13.5. The summed E-state index contributed by atoms with van der Waals surface area (Å²) in [6.07, 6.45) is 4.31. The van der Waals surface area contributed by atoms with Gasteiger partial charge in [0.25, 0.3) is 0 Å². The molecule has 3 heterocycles. The highest BCUT2D eigenvalue weighted by atomic mass is 35.5. The van der Waals surface area contributed by atoms with E-state index in [4.69, 9.17) is 11.6 Å². The van der Waals surface area contributed by atoms with Crippen LogP contribution in [0, 0.1) is 11.2 Å². The lowest BCUT2D eigenvalue weighted by atomic mass is 9.93.